The van der Waals surface area contributed by atoms with Gasteiger partial charge in [-0.1, -0.05) is 30.3 Å². The fraction of sp³-hybridized carbons (Fsp3) is 0.478. The van der Waals surface area contributed by atoms with Gasteiger partial charge in [0.05, 0.1) is 25.8 Å². The van der Waals surface area contributed by atoms with Crippen LogP contribution < -0.4 is 10.6 Å². The summed E-state index contributed by atoms with van der Waals surface area (Å²) in [5.41, 5.74) is 2.59. The Morgan fingerprint density at radius 3 is 2.68 bits per heavy atom. The maximum atomic E-state index is 12.8. The number of nitrogens with one attached hydrogen (secondary N) is 2. The van der Waals surface area contributed by atoms with Crippen LogP contribution in [0.3, 0.4) is 0 Å². The molecule has 0 radical (unpaired) electrons. The fourth-order valence-corrected chi connectivity index (χ4v) is 5.03. The zero-order valence-electron chi connectivity index (χ0n) is 18.0. The summed E-state index contributed by atoms with van der Waals surface area (Å²) >= 11 is 1.77. The molecule has 2 aliphatic rings. The largest absolute Gasteiger partial charge is 0.379 e. The number of hydrogen-bond donors (Lipinski definition) is 2. The van der Waals surface area contributed by atoms with Gasteiger partial charge in [0.1, 0.15) is 0 Å². The molecule has 2 N–H and O–H groups in total. The molecule has 1 fully saturated rings. The second-order valence-electron chi connectivity index (χ2n) is 7.82. The molecule has 7 nitrogen and oxygen atoms in total. The van der Waals surface area contributed by atoms with E-state index in [1.54, 1.807) is 18.4 Å². The number of morpholine rings is 1. The first-order valence-electron chi connectivity index (χ1n) is 10.9. The molecule has 31 heavy (non-hydrogen) atoms. The van der Waals surface area contributed by atoms with Crippen LogP contribution in [-0.2, 0) is 22.5 Å². The van der Waals surface area contributed by atoms with Gasteiger partial charge in [0, 0.05) is 44.6 Å². The molecular formula is C23H31N5O2S. The number of guanidine groups is 1. The number of amides is 1. The van der Waals surface area contributed by atoms with E-state index < -0.39 is 0 Å². The Morgan fingerprint density at radius 1 is 1.13 bits per heavy atom. The average Bonchev–Trinajstić information content (AvgIpc) is 3.36. The van der Waals surface area contributed by atoms with E-state index in [2.05, 4.69) is 56.2 Å². The molecule has 2 aromatic rings. The number of nitrogens with zero attached hydrogens (tertiary/aromatic N) is 3. The summed E-state index contributed by atoms with van der Waals surface area (Å²) in [7, 11) is 1.74. The Morgan fingerprint density at radius 2 is 1.94 bits per heavy atom. The standard InChI is InChI=1S/C23H31N5O2S/c1-24-23(25-15-20(21-7-4-14-31-21)27-10-12-30-13-11-27)26-16-22(29)28-9-8-18-5-2-3-6-19(18)17-28/h2-7,14,20H,8-13,15-17H2,1H3,(H2,24,25,26). The summed E-state index contributed by atoms with van der Waals surface area (Å²) in [5, 5.41) is 8.74. The van der Waals surface area contributed by atoms with Gasteiger partial charge in [0.15, 0.2) is 5.96 Å². The number of ether oxygens (including phenoxy) is 1. The summed E-state index contributed by atoms with van der Waals surface area (Å²) in [6, 6.07) is 12.9. The molecule has 8 heteroatoms. The molecule has 0 saturated carbocycles. The fourth-order valence-electron chi connectivity index (χ4n) is 4.17. The smallest absolute Gasteiger partial charge is 0.242 e. The van der Waals surface area contributed by atoms with Crippen LogP contribution in [0.25, 0.3) is 0 Å². The van der Waals surface area contributed by atoms with Gasteiger partial charge in [-0.05, 0) is 29.0 Å². The van der Waals surface area contributed by atoms with E-state index in [1.807, 2.05) is 11.0 Å². The van der Waals surface area contributed by atoms with E-state index in [9.17, 15) is 4.79 Å². The normalized spacial score (nSPS) is 18.4. The van der Waals surface area contributed by atoms with Gasteiger partial charge >= 0.3 is 0 Å². The van der Waals surface area contributed by atoms with Crippen molar-refractivity contribution in [2.45, 2.75) is 19.0 Å². The highest BCUT2D eigenvalue weighted by Gasteiger charge is 2.24. The number of thiophene rings is 1. The summed E-state index contributed by atoms with van der Waals surface area (Å²) < 4.78 is 5.52. The third-order valence-corrected chi connectivity index (χ3v) is 6.91. The molecule has 0 aliphatic carbocycles. The van der Waals surface area contributed by atoms with Gasteiger partial charge in [0.25, 0.3) is 0 Å². The van der Waals surface area contributed by atoms with Crippen molar-refractivity contribution in [3.8, 4) is 0 Å². The highest BCUT2D eigenvalue weighted by atomic mass is 32.1. The highest BCUT2D eigenvalue weighted by molar-refractivity contribution is 7.10. The second-order valence-corrected chi connectivity index (χ2v) is 8.80. The van der Waals surface area contributed by atoms with E-state index in [-0.39, 0.29) is 18.5 Å². The van der Waals surface area contributed by atoms with Crippen molar-refractivity contribution in [3.05, 3.63) is 57.8 Å². The zero-order valence-corrected chi connectivity index (χ0v) is 18.9. The van der Waals surface area contributed by atoms with Crippen molar-refractivity contribution in [1.82, 2.24) is 20.4 Å². The number of rotatable bonds is 6. The van der Waals surface area contributed by atoms with Crippen LogP contribution >= 0.6 is 11.3 Å². The van der Waals surface area contributed by atoms with Crippen molar-refractivity contribution < 1.29 is 9.53 Å². The van der Waals surface area contributed by atoms with E-state index >= 15 is 0 Å². The molecule has 3 heterocycles. The lowest BCUT2D eigenvalue weighted by Crippen LogP contribution is -2.48. The first-order chi connectivity index (χ1) is 15.2. The molecule has 166 valence electrons. The Labute approximate surface area is 188 Å². The third kappa shape index (κ3) is 5.64. The molecule has 1 aromatic heterocycles. The number of carbonyl (C=O) groups excluding carboxylic acids is 1. The minimum atomic E-state index is 0.0976. The minimum absolute atomic E-state index is 0.0976. The molecule has 1 aromatic carbocycles. The summed E-state index contributed by atoms with van der Waals surface area (Å²) in [5.74, 6) is 0.751. The van der Waals surface area contributed by atoms with Gasteiger partial charge in [0.2, 0.25) is 5.91 Å². The van der Waals surface area contributed by atoms with Gasteiger partial charge in [-0.25, -0.2) is 0 Å². The molecular weight excluding hydrogens is 410 g/mol. The predicted molar refractivity (Wildman–Crippen MR) is 124 cm³/mol. The van der Waals surface area contributed by atoms with E-state index in [1.165, 1.54) is 16.0 Å². The molecule has 0 bridgehead atoms. The second kappa shape index (κ2) is 10.7. The molecule has 4 rings (SSSR count). The molecule has 1 saturated heterocycles. The Hall–Kier alpha value is -2.42. The Balaban J connectivity index is 1.29. The first-order valence-corrected chi connectivity index (χ1v) is 11.8. The predicted octanol–water partition coefficient (Wildman–Crippen LogP) is 1.87. The maximum absolute atomic E-state index is 12.8. The van der Waals surface area contributed by atoms with Crippen molar-refractivity contribution in [2.24, 2.45) is 4.99 Å². The van der Waals surface area contributed by atoms with Gasteiger partial charge in [-0.15, -0.1) is 11.3 Å². The molecule has 2 aliphatic heterocycles. The lowest BCUT2D eigenvalue weighted by Gasteiger charge is -2.34. The number of carbonyl (C=O) groups is 1. The first kappa shape index (κ1) is 21.8. The van der Waals surface area contributed by atoms with Gasteiger partial charge in [-0.3, -0.25) is 14.7 Å². The molecule has 1 unspecified atom stereocenters. The minimum Gasteiger partial charge on any atom is -0.379 e. The van der Waals surface area contributed by atoms with Crippen LogP contribution in [0.4, 0.5) is 0 Å². The summed E-state index contributed by atoms with van der Waals surface area (Å²) in [6.45, 7) is 5.79. The number of hydrogen-bond acceptors (Lipinski definition) is 5. The summed E-state index contributed by atoms with van der Waals surface area (Å²) in [4.78, 5) is 22.8. The third-order valence-electron chi connectivity index (χ3n) is 5.93. The van der Waals surface area contributed by atoms with Crippen molar-refractivity contribution in [3.63, 3.8) is 0 Å². The lowest BCUT2D eigenvalue weighted by atomic mass is 10.00. The maximum Gasteiger partial charge on any atom is 0.242 e. The van der Waals surface area contributed by atoms with Gasteiger partial charge < -0.3 is 20.3 Å². The number of fused-ring (bicyclic) bond motifs is 1. The van der Waals surface area contributed by atoms with E-state index in [4.69, 9.17) is 4.74 Å². The molecule has 0 spiro atoms. The summed E-state index contributed by atoms with van der Waals surface area (Å²) in [6.07, 6.45) is 0.914. The number of aliphatic imine (C=N–C) groups is 1. The van der Waals surface area contributed by atoms with Crippen LogP contribution in [0, 0.1) is 0 Å². The van der Waals surface area contributed by atoms with Crippen LogP contribution in [0.2, 0.25) is 0 Å². The van der Waals surface area contributed by atoms with Crippen molar-refractivity contribution in [1.29, 1.82) is 0 Å². The molecule has 1 atom stereocenters. The number of benzene rings is 1. The lowest BCUT2D eigenvalue weighted by molar-refractivity contribution is -0.130. The molecule has 1 amide bonds. The monoisotopic (exact) mass is 441 g/mol. The van der Waals surface area contributed by atoms with E-state index in [0.717, 1.165) is 45.8 Å². The quantitative estimate of drug-likeness (QED) is 0.529. The van der Waals surface area contributed by atoms with Gasteiger partial charge in [-0.2, -0.15) is 0 Å². The van der Waals surface area contributed by atoms with Crippen LogP contribution in [0.1, 0.15) is 22.0 Å². The van der Waals surface area contributed by atoms with Crippen LogP contribution in [0.15, 0.2) is 46.8 Å². The van der Waals surface area contributed by atoms with Crippen molar-refractivity contribution >= 4 is 23.2 Å². The Kier molecular flexibility index (Phi) is 7.56. The van der Waals surface area contributed by atoms with Crippen LogP contribution in [0.5, 0.6) is 0 Å². The SMILES string of the molecule is CN=C(NCC(=O)N1CCc2ccccc2C1)NCC(c1cccs1)N1CCOCC1. The van der Waals surface area contributed by atoms with Crippen molar-refractivity contribution in [2.75, 3.05) is 53.0 Å². The van der Waals surface area contributed by atoms with E-state index in [0.29, 0.717) is 12.5 Å². The Bertz CT molecular complexity index is 880. The topological polar surface area (TPSA) is 69.2 Å². The highest BCUT2D eigenvalue weighted by Crippen LogP contribution is 2.25. The zero-order chi connectivity index (χ0) is 21.5. The van der Waals surface area contributed by atoms with Crippen LogP contribution in [-0.4, -0.2) is 74.7 Å². The average molecular weight is 442 g/mol.